The summed E-state index contributed by atoms with van der Waals surface area (Å²) >= 11 is 2.15. The van der Waals surface area contributed by atoms with Gasteiger partial charge in [-0.1, -0.05) is 6.92 Å². The van der Waals surface area contributed by atoms with E-state index in [1.165, 1.54) is 25.3 Å². The van der Waals surface area contributed by atoms with Gasteiger partial charge in [-0.3, -0.25) is 14.3 Å². The SMILES string of the molecule is CCNC1CC(C)S(=O)(=O)c2sc(SNC(=O)c3ccc(OC(=O)CCCO[N+](=O)[O-])c(OC)c3)cc21. The molecule has 0 saturated carbocycles. The molecule has 37 heavy (non-hydrogen) atoms. The van der Waals surface area contributed by atoms with Crippen LogP contribution in [0.4, 0.5) is 0 Å². The summed E-state index contributed by atoms with van der Waals surface area (Å²) in [6, 6.07) is 5.98. The number of carbonyl (C=O) groups excluding carboxylic acids is 2. The number of carbonyl (C=O) groups is 2. The van der Waals surface area contributed by atoms with Crippen LogP contribution in [0.2, 0.25) is 0 Å². The van der Waals surface area contributed by atoms with E-state index in [0.717, 1.165) is 28.8 Å². The number of amides is 1. The highest BCUT2D eigenvalue weighted by Gasteiger charge is 2.38. The van der Waals surface area contributed by atoms with Crippen molar-refractivity contribution >= 4 is 45.0 Å². The monoisotopic (exact) mass is 573 g/mol. The number of methoxy groups -OCH3 is 1. The van der Waals surface area contributed by atoms with Crippen LogP contribution in [0, 0.1) is 10.1 Å². The third-order valence-electron chi connectivity index (χ3n) is 5.50. The van der Waals surface area contributed by atoms with E-state index >= 15 is 0 Å². The zero-order valence-corrected chi connectivity index (χ0v) is 22.8. The Kier molecular flexibility index (Phi) is 9.75. The van der Waals surface area contributed by atoms with Gasteiger partial charge in [0.2, 0.25) is 0 Å². The molecule has 1 aromatic carbocycles. The van der Waals surface area contributed by atoms with Gasteiger partial charge in [-0.2, -0.15) is 0 Å². The Balaban J connectivity index is 1.64. The molecule has 12 nitrogen and oxygen atoms in total. The number of hydrogen-bond acceptors (Lipinski definition) is 12. The first-order valence-electron chi connectivity index (χ1n) is 11.3. The van der Waals surface area contributed by atoms with Gasteiger partial charge >= 0.3 is 5.97 Å². The molecule has 15 heteroatoms. The predicted octanol–water partition coefficient (Wildman–Crippen LogP) is 3.30. The largest absolute Gasteiger partial charge is 0.493 e. The van der Waals surface area contributed by atoms with Crippen LogP contribution in [0.1, 0.15) is 55.1 Å². The molecule has 0 saturated heterocycles. The lowest BCUT2D eigenvalue weighted by molar-refractivity contribution is -0.757. The molecule has 0 radical (unpaired) electrons. The average Bonchev–Trinajstić information content (AvgIpc) is 3.30. The molecular formula is C22H27N3O9S3. The fraction of sp³-hybridized carbons (Fsp3) is 0.455. The average molecular weight is 574 g/mol. The normalized spacial score (nSPS) is 17.9. The molecule has 1 aliphatic heterocycles. The predicted molar refractivity (Wildman–Crippen MR) is 136 cm³/mol. The van der Waals surface area contributed by atoms with Crippen molar-refractivity contribution < 1.29 is 37.4 Å². The maximum absolute atomic E-state index is 12.8. The Morgan fingerprint density at radius 1 is 1.27 bits per heavy atom. The lowest BCUT2D eigenvalue weighted by Gasteiger charge is -2.27. The molecule has 2 N–H and O–H groups in total. The summed E-state index contributed by atoms with van der Waals surface area (Å²) in [4.78, 5) is 39.0. The van der Waals surface area contributed by atoms with Gasteiger partial charge in [0.05, 0.1) is 23.2 Å². The highest BCUT2D eigenvalue weighted by molar-refractivity contribution is 8.00. The van der Waals surface area contributed by atoms with Gasteiger partial charge in [-0.15, -0.1) is 21.5 Å². The first kappa shape index (κ1) is 28.7. The van der Waals surface area contributed by atoms with E-state index in [1.54, 1.807) is 13.0 Å². The molecule has 0 spiro atoms. The van der Waals surface area contributed by atoms with Crippen LogP contribution < -0.4 is 19.5 Å². The first-order valence-corrected chi connectivity index (χ1v) is 14.5. The van der Waals surface area contributed by atoms with Crippen LogP contribution in [0.5, 0.6) is 11.5 Å². The highest BCUT2D eigenvalue weighted by atomic mass is 32.2. The number of hydrogen-bond donors (Lipinski definition) is 2. The molecule has 2 aromatic rings. The highest BCUT2D eigenvalue weighted by Crippen LogP contribution is 2.43. The van der Waals surface area contributed by atoms with Gasteiger partial charge in [0.25, 0.3) is 11.0 Å². The summed E-state index contributed by atoms with van der Waals surface area (Å²) in [6.45, 7) is 4.14. The number of esters is 1. The second kappa shape index (κ2) is 12.6. The van der Waals surface area contributed by atoms with Crippen LogP contribution in [-0.4, -0.2) is 50.9 Å². The zero-order valence-electron chi connectivity index (χ0n) is 20.3. The molecule has 0 fully saturated rings. The van der Waals surface area contributed by atoms with Crippen molar-refractivity contribution in [2.75, 3.05) is 20.3 Å². The molecule has 1 aliphatic rings. The molecule has 2 atom stereocenters. The minimum absolute atomic E-state index is 0.0695. The molecule has 1 aromatic heterocycles. The van der Waals surface area contributed by atoms with Crippen molar-refractivity contribution in [3.8, 4) is 11.5 Å². The molecule has 0 aliphatic carbocycles. The molecule has 3 rings (SSSR count). The Bertz CT molecular complexity index is 1260. The second-order valence-electron chi connectivity index (χ2n) is 8.04. The number of sulfone groups is 1. The molecular weight excluding hydrogens is 546 g/mol. The molecule has 202 valence electrons. The fourth-order valence-corrected chi connectivity index (χ4v) is 8.12. The smallest absolute Gasteiger partial charge is 0.311 e. The van der Waals surface area contributed by atoms with Crippen molar-refractivity contribution in [1.29, 1.82) is 0 Å². The van der Waals surface area contributed by atoms with Crippen molar-refractivity contribution in [1.82, 2.24) is 10.0 Å². The van der Waals surface area contributed by atoms with Crippen molar-refractivity contribution in [2.45, 2.75) is 52.8 Å². The van der Waals surface area contributed by atoms with Crippen molar-refractivity contribution in [3.05, 3.63) is 45.5 Å². The van der Waals surface area contributed by atoms with Crippen LogP contribution in [0.15, 0.2) is 32.7 Å². The van der Waals surface area contributed by atoms with E-state index in [4.69, 9.17) is 9.47 Å². The maximum atomic E-state index is 12.8. The second-order valence-corrected chi connectivity index (χ2v) is 12.8. The van der Waals surface area contributed by atoms with Gasteiger partial charge in [0, 0.05) is 18.0 Å². The number of rotatable bonds is 12. The summed E-state index contributed by atoms with van der Waals surface area (Å²) in [6.07, 6.45) is 0.477. The standard InChI is InChI=1S/C22H27N3O9S3/c1-4-23-16-10-13(2)37(30,31)22-15(16)12-20(35-22)36-24-21(27)14-7-8-17(18(11-14)32-3)34-19(26)6-5-9-33-25(28)29/h7-8,11-13,16,23H,4-6,9-10H2,1-3H3,(H,24,27). The van der Waals surface area contributed by atoms with Gasteiger partial charge < -0.3 is 19.6 Å². The van der Waals surface area contributed by atoms with E-state index in [2.05, 4.69) is 14.9 Å². The Hall–Kier alpha value is -2.88. The van der Waals surface area contributed by atoms with E-state index < -0.39 is 32.1 Å². The third-order valence-corrected chi connectivity index (χ3v) is 10.3. The number of thiophene rings is 1. The summed E-state index contributed by atoms with van der Waals surface area (Å²) in [5.74, 6) is -0.858. The first-order chi connectivity index (χ1) is 17.6. The van der Waals surface area contributed by atoms with Gasteiger partial charge in [0.15, 0.2) is 21.3 Å². The topological polar surface area (TPSA) is 163 Å². The summed E-state index contributed by atoms with van der Waals surface area (Å²) < 4.78 is 39.7. The van der Waals surface area contributed by atoms with E-state index in [9.17, 15) is 28.1 Å². The van der Waals surface area contributed by atoms with Crippen molar-refractivity contribution in [2.24, 2.45) is 0 Å². The Morgan fingerprint density at radius 2 is 2.03 bits per heavy atom. The van der Waals surface area contributed by atoms with E-state index in [1.807, 2.05) is 6.92 Å². The maximum Gasteiger partial charge on any atom is 0.311 e. The number of ether oxygens (including phenoxy) is 2. The zero-order chi connectivity index (χ0) is 27.2. The van der Waals surface area contributed by atoms with Crippen LogP contribution in [0.3, 0.4) is 0 Å². The lowest BCUT2D eigenvalue weighted by atomic mass is 10.1. The third kappa shape index (κ3) is 7.12. The van der Waals surface area contributed by atoms with Crippen molar-refractivity contribution in [3.63, 3.8) is 0 Å². The Labute approximate surface area is 222 Å². The molecule has 0 bridgehead atoms. The Morgan fingerprint density at radius 3 is 2.70 bits per heavy atom. The molecule has 1 amide bonds. The summed E-state index contributed by atoms with van der Waals surface area (Å²) in [5.41, 5.74) is 0.955. The van der Waals surface area contributed by atoms with Gasteiger partial charge in [-0.25, -0.2) is 8.42 Å². The molecule has 2 heterocycles. The van der Waals surface area contributed by atoms with E-state index in [-0.39, 0.29) is 42.6 Å². The minimum atomic E-state index is -3.42. The summed E-state index contributed by atoms with van der Waals surface area (Å²) in [7, 11) is -2.07. The van der Waals surface area contributed by atoms with Crippen LogP contribution >= 0.6 is 23.3 Å². The summed E-state index contributed by atoms with van der Waals surface area (Å²) in [5, 5.41) is 12.0. The lowest BCUT2D eigenvalue weighted by Crippen LogP contribution is -2.33. The van der Waals surface area contributed by atoms with Crippen LogP contribution in [0.25, 0.3) is 0 Å². The minimum Gasteiger partial charge on any atom is -0.493 e. The van der Waals surface area contributed by atoms with Crippen LogP contribution in [-0.2, 0) is 19.5 Å². The quantitative estimate of drug-likeness (QED) is 0.0956. The fourth-order valence-electron chi connectivity index (χ4n) is 3.67. The number of nitrogens with zero attached hydrogens (tertiary/aromatic N) is 1. The number of fused-ring (bicyclic) bond motifs is 1. The van der Waals surface area contributed by atoms with E-state index in [0.29, 0.717) is 21.4 Å². The van der Waals surface area contributed by atoms with Gasteiger partial charge in [0.1, 0.15) is 4.21 Å². The van der Waals surface area contributed by atoms with Gasteiger partial charge in [-0.05, 0) is 68.1 Å². The molecule has 2 unspecified atom stereocenters. The number of nitrogens with one attached hydrogen (secondary N) is 2. The number of benzene rings is 1.